The number of hydrogen-bond donors (Lipinski definition) is 3. The van der Waals surface area contributed by atoms with Crippen molar-refractivity contribution in [3.63, 3.8) is 0 Å². The van der Waals surface area contributed by atoms with Crippen molar-refractivity contribution in [2.45, 2.75) is 90.8 Å². The molecule has 0 spiro atoms. The van der Waals surface area contributed by atoms with Crippen molar-refractivity contribution in [3.8, 4) is 0 Å². The number of rotatable bonds is 12. The lowest BCUT2D eigenvalue weighted by Crippen LogP contribution is -2.52. The summed E-state index contributed by atoms with van der Waals surface area (Å²) in [4.78, 5) is 47.8. The highest BCUT2D eigenvalue weighted by molar-refractivity contribution is 6.26. The minimum Gasteiger partial charge on any atom is -0.458 e. The highest BCUT2D eigenvalue weighted by Gasteiger charge is 2.29. The number of carbonyl (C=O) groups excluding carboxylic acids is 4. The molecule has 27 heavy (non-hydrogen) atoms. The van der Waals surface area contributed by atoms with E-state index in [2.05, 4.69) is 10.6 Å². The second kappa shape index (κ2) is 12.2. The summed E-state index contributed by atoms with van der Waals surface area (Å²) in [6.45, 7) is 8.48. The van der Waals surface area contributed by atoms with Crippen LogP contribution in [0.5, 0.6) is 0 Å². The first-order valence-electron chi connectivity index (χ1n) is 9.33. The molecule has 0 aromatic rings. The van der Waals surface area contributed by atoms with Gasteiger partial charge in [-0.3, -0.25) is 14.4 Å². The predicted molar refractivity (Wildman–Crippen MR) is 103 cm³/mol. The number of unbranched alkanes of at least 4 members (excludes halogenated alkanes) is 2. The Bertz CT molecular complexity index is 540. The molecule has 0 aliphatic carbocycles. The van der Waals surface area contributed by atoms with Gasteiger partial charge in [0, 0.05) is 13.3 Å². The molecule has 2 atom stereocenters. The number of nitrogens with one attached hydrogen (secondary N) is 3. The van der Waals surface area contributed by atoms with Crippen LogP contribution >= 0.6 is 0 Å². The Kier molecular flexibility index (Phi) is 11.2. The number of hydrogen-bond acceptors (Lipinski definition) is 6. The quantitative estimate of drug-likeness (QED) is 0.270. The Morgan fingerprint density at radius 3 is 2.15 bits per heavy atom. The minimum atomic E-state index is -1.02. The summed E-state index contributed by atoms with van der Waals surface area (Å²) in [6.07, 6.45) is 3.76. The number of ketones is 1. The molecule has 8 nitrogen and oxygen atoms in total. The van der Waals surface area contributed by atoms with E-state index < -0.39 is 35.3 Å². The molecule has 0 radical (unpaired) electrons. The first kappa shape index (κ1) is 24.8. The molecule has 0 saturated heterocycles. The molecule has 0 fully saturated rings. The Hall–Kier alpha value is -2.25. The van der Waals surface area contributed by atoms with E-state index in [-0.39, 0.29) is 18.7 Å². The zero-order valence-electron chi connectivity index (χ0n) is 17.0. The lowest BCUT2D eigenvalue weighted by Gasteiger charge is -2.26. The van der Waals surface area contributed by atoms with Crippen LogP contribution in [0.1, 0.15) is 73.1 Å². The van der Waals surface area contributed by atoms with Crippen LogP contribution in [0.25, 0.3) is 0 Å². The molecule has 0 bridgehead atoms. The van der Waals surface area contributed by atoms with Gasteiger partial charge >= 0.3 is 5.97 Å². The van der Waals surface area contributed by atoms with Gasteiger partial charge in [-0.15, -0.1) is 0 Å². The van der Waals surface area contributed by atoms with E-state index in [1.807, 2.05) is 6.92 Å². The maximum Gasteiger partial charge on any atom is 0.329 e. The number of ether oxygens (including phenoxy) is 1. The molecule has 0 aromatic heterocycles. The Morgan fingerprint density at radius 1 is 1.04 bits per heavy atom. The summed E-state index contributed by atoms with van der Waals surface area (Å²) in [7, 11) is 0. The van der Waals surface area contributed by atoms with Crippen molar-refractivity contribution in [2.75, 3.05) is 0 Å². The normalized spacial score (nSPS) is 13.2. The van der Waals surface area contributed by atoms with E-state index in [9.17, 15) is 19.2 Å². The summed E-state index contributed by atoms with van der Waals surface area (Å²) < 4.78 is 5.32. The van der Waals surface area contributed by atoms with Crippen LogP contribution in [0.15, 0.2) is 0 Å². The predicted octanol–water partition coefficient (Wildman–Crippen LogP) is 1.90. The van der Waals surface area contributed by atoms with E-state index in [4.69, 9.17) is 10.1 Å². The lowest BCUT2D eigenvalue weighted by molar-refractivity contribution is -0.159. The van der Waals surface area contributed by atoms with Gasteiger partial charge in [-0.1, -0.05) is 26.2 Å². The summed E-state index contributed by atoms with van der Waals surface area (Å²) in [5.74, 6) is -1.91. The molecule has 2 amide bonds. The van der Waals surface area contributed by atoms with Gasteiger partial charge in [0.25, 0.3) is 0 Å². The molecule has 0 aliphatic heterocycles. The Labute approximate surface area is 161 Å². The fraction of sp³-hybridized carbons (Fsp3) is 0.737. The van der Waals surface area contributed by atoms with Crippen molar-refractivity contribution in [1.82, 2.24) is 10.6 Å². The first-order chi connectivity index (χ1) is 12.5. The molecule has 1 unspecified atom stereocenters. The smallest absolute Gasteiger partial charge is 0.329 e. The van der Waals surface area contributed by atoms with Gasteiger partial charge in [0.15, 0.2) is 5.78 Å². The molecule has 8 heteroatoms. The van der Waals surface area contributed by atoms with Crippen LogP contribution < -0.4 is 10.6 Å². The molecule has 3 N–H and O–H groups in total. The molecule has 0 aromatic carbocycles. The molecule has 0 heterocycles. The fourth-order valence-electron chi connectivity index (χ4n) is 2.37. The molecular formula is C19H33N3O5. The van der Waals surface area contributed by atoms with Gasteiger partial charge < -0.3 is 20.8 Å². The molecular weight excluding hydrogens is 350 g/mol. The zero-order valence-corrected chi connectivity index (χ0v) is 17.0. The third-order valence-corrected chi connectivity index (χ3v) is 3.64. The largest absolute Gasteiger partial charge is 0.458 e. The topological polar surface area (TPSA) is 125 Å². The zero-order chi connectivity index (χ0) is 21.0. The van der Waals surface area contributed by atoms with Crippen LogP contribution in [-0.2, 0) is 23.9 Å². The van der Waals surface area contributed by atoms with E-state index in [0.29, 0.717) is 12.6 Å². The van der Waals surface area contributed by atoms with Gasteiger partial charge in [-0.25, -0.2) is 4.79 Å². The molecule has 154 valence electrons. The monoisotopic (exact) mass is 383 g/mol. The van der Waals surface area contributed by atoms with E-state index >= 15 is 0 Å². The van der Waals surface area contributed by atoms with Crippen LogP contribution in [0.4, 0.5) is 0 Å². The van der Waals surface area contributed by atoms with Crippen LogP contribution in [0, 0.1) is 5.41 Å². The summed E-state index contributed by atoms with van der Waals surface area (Å²) in [5.41, 5.74) is -0.746. The molecule has 0 aliphatic rings. The van der Waals surface area contributed by atoms with Crippen molar-refractivity contribution in [1.29, 1.82) is 5.41 Å². The third kappa shape index (κ3) is 11.9. The number of carbonyl (C=O) groups is 4. The average Bonchev–Trinajstić information content (AvgIpc) is 2.55. The van der Waals surface area contributed by atoms with E-state index in [1.54, 1.807) is 20.8 Å². The van der Waals surface area contributed by atoms with Gasteiger partial charge in [-0.2, -0.15) is 0 Å². The van der Waals surface area contributed by atoms with Crippen LogP contribution in [0.2, 0.25) is 0 Å². The molecule has 0 rings (SSSR count). The number of amides is 2. The summed E-state index contributed by atoms with van der Waals surface area (Å²) >= 11 is 0. The Morgan fingerprint density at radius 2 is 1.67 bits per heavy atom. The van der Waals surface area contributed by atoms with Crippen LogP contribution in [0.3, 0.4) is 0 Å². The summed E-state index contributed by atoms with van der Waals surface area (Å²) in [5, 5.41) is 12.2. The van der Waals surface area contributed by atoms with Crippen molar-refractivity contribution >= 4 is 29.8 Å². The number of esters is 1. The average molecular weight is 383 g/mol. The number of Topliss-reactive ketones (excluding diaryl/α,β-unsaturated/α-hetero) is 1. The standard InChI is InChI=1S/C19H33N3O5/c1-6-7-8-9-15(21-13(2)23)17(25)22-16(11-10-14(24)12-20)18(26)27-19(3,4)5/h12,15-16,20H,6-11H2,1-5H3,(H,21,23)(H,22,25)/t15?,16-/m0/s1. The van der Waals surface area contributed by atoms with Gasteiger partial charge in [0.1, 0.15) is 17.7 Å². The third-order valence-electron chi connectivity index (χ3n) is 3.64. The van der Waals surface area contributed by atoms with Gasteiger partial charge in [0.2, 0.25) is 11.8 Å². The van der Waals surface area contributed by atoms with Crippen LogP contribution in [-0.4, -0.2) is 47.5 Å². The van der Waals surface area contributed by atoms with Gasteiger partial charge in [0.05, 0.1) is 6.21 Å². The second-order valence-corrected chi connectivity index (χ2v) is 7.49. The van der Waals surface area contributed by atoms with Crippen molar-refractivity contribution in [3.05, 3.63) is 0 Å². The van der Waals surface area contributed by atoms with E-state index in [0.717, 1.165) is 19.3 Å². The minimum absolute atomic E-state index is 0.0244. The highest BCUT2D eigenvalue weighted by atomic mass is 16.6. The van der Waals surface area contributed by atoms with Crippen molar-refractivity contribution in [2.24, 2.45) is 0 Å². The maximum absolute atomic E-state index is 12.6. The van der Waals surface area contributed by atoms with E-state index in [1.165, 1.54) is 6.92 Å². The SMILES string of the molecule is CCCCCC(NC(C)=O)C(=O)N[C@@H](CCC(=O)C=N)C(=O)OC(C)(C)C. The highest BCUT2D eigenvalue weighted by Crippen LogP contribution is 2.12. The maximum atomic E-state index is 12.6. The summed E-state index contributed by atoms with van der Waals surface area (Å²) in [6, 6.07) is -1.78. The van der Waals surface area contributed by atoms with Gasteiger partial charge in [-0.05, 0) is 33.6 Å². The first-order valence-corrected chi connectivity index (χ1v) is 9.33. The van der Waals surface area contributed by atoms with Crippen molar-refractivity contribution < 1.29 is 23.9 Å². The Balaban J connectivity index is 5.16. The fourth-order valence-corrected chi connectivity index (χ4v) is 2.37. The lowest BCUT2D eigenvalue weighted by atomic mass is 10.0. The molecule has 0 saturated carbocycles. The second-order valence-electron chi connectivity index (χ2n) is 7.49.